The van der Waals surface area contributed by atoms with Crippen LogP contribution >= 0.6 is 0 Å². The van der Waals surface area contributed by atoms with Crippen molar-refractivity contribution in [3.63, 3.8) is 0 Å². The van der Waals surface area contributed by atoms with E-state index in [-0.39, 0.29) is 24.3 Å². The average molecular weight is 822 g/mol. The summed E-state index contributed by atoms with van der Waals surface area (Å²) in [5, 5.41) is 9.33. The van der Waals surface area contributed by atoms with Crippen molar-refractivity contribution in [1.82, 2.24) is 15.4 Å². The SMILES string of the molecule is CCC(C)C.CCC1OC(OCCCC(CC)(CCCOC2OC(CC)C(C)C(C)C2C)CCCOC2OC(CC)C(C)C(C)C2C)C(C)C(C)C1C.c1cn[nH]n1. The first-order valence-corrected chi connectivity index (χ1v) is 24.2. The number of hydrogen-bond donors (Lipinski definition) is 1. The second kappa shape index (κ2) is 27.8. The van der Waals surface area contributed by atoms with E-state index < -0.39 is 0 Å². The number of aromatic amines is 1. The van der Waals surface area contributed by atoms with E-state index in [0.29, 0.717) is 71.6 Å². The minimum atomic E-state index is -0.0944. The molecule has 1 aromatic heterocycles. The summed E-state index contributed by atoms with van der Waals surface area (Å²) in [6, 6.07) is 0. The van der Waals surface area contributed by atoms with Crippen molar-refractivity contribution in [1.29, 1.82) is 0 Å². The quantitative estimate of drug-likeness (QED) is 0.130. The maximum atomic E-state index is 6.49. The Labute approximate surface area is 358 Å². The third-order valence-corrected chi connectivity index (χ3v) is 15.5. The average Bonchev–Trinajstić information content (AvgIpc) is 3.83. The lowest BCUT2D eigenvalue weighted by molar-refractivity contribution is -0.249. The van der Waals surface area contributed by atoms with E-state index in [1.807, 2.05) is 0 Å². The summed E-state index contributed by atoms with van der Waals surface area (Å²) in [7, 11) is 0. The molecule has 3 saturated heterocycles. The standard InChI is InChI=1S/C42H80O6.C5H12.C2H3N3/c1-14-36-30(8)27(5)33(11)39(46-36)43-24-18-21-42(17-4,22-19-25-44-40-34(12)28(6)31(9)37(15-2)47-40)23-20-26-45-41-35(13)29(7)32(10)38(16-3)48-41;1-4-5(2)3;1-2-4-5-3-1/h27-41H,14-26H2,1-13H3;5H,4H2,1-3H3;1-2H,(H,3,4,5). The van der Waals surface area contributed by atoms with E-state index >= 15 is 0 Å². The number of ether oxygens (including phenoxy) is 6. The number of hydrogen-bond acceptors (Lipinski definition) is 8. The van der Waals surface area contributed by atoms with Crippen LogP contribution in [-0.4, -0.2) is 72.4 Å². The normalized spacial score (nSPS) is 36.3. The predicted molar refractivity (Wildman–Crippen MR) is 239 cm³/mol. The molecule has 4 rings (SSSR count). The molecule has 0 radical (unpaired) electrons. The largest absolute Gasteiger partial charge is 0.352 e. The maximum absolute atomic E-state index is 6.49. The van der Waals surface area contributed by atoms with Gasteiger partial charge in [-0.1, -0.05) is 124 Å². The van der Waals surface area contributed by atoms with Crippen molar-refractivity contribution in [3.05, 3.63) is 12.4 Å². The number of nitrogens with one attached hydrogen (secondary N) is 1. The van der Waals surface area contributed by atoms with E-state index in [2.05, 4.69) is 126 Å². The second-order valence-corrected chi connectivity index (χ2v) is 19.3. The van der Waals surface area contributed by atoms with E-state index in [1.54, 1.807) is 12.4 Å². The molecule has 0 bridgehead atoms. The lowest BCUT2D eigenvalue weighted by atomic mass is 9.73. The molecule has 3 aliphatic heterocycles. The molecule has 3 aliphatic rings. The van der Waals surface area contributed by atoms with Crippen molar-refractivity contribution in [2.45, 2.75) is 219 Å². The predicted octanol–water partition coefficient (Wildman–Crippen LogP) is 12.8. The van der Waals surface area contributed by atoms with Gasteiger partial charge >= 0.3 is 0 Å². The highest BCUT2D eigenvalue weighted by Crippen LogP contribution is 2.42. The van der Waals surface area contributed by atoms with Gasteiger partial charge in [0, 0.05) is 37.6 Å². The van der Waals surface area contributed by atoms with Gasteiger partial charge in [0.05, 0.1) is 30.7 Å². The Morgan fingerprint density at radius 2 is 0.793 bits per heavy atom. The van der Waals surface area contributed by atoms with Crippen LogP contribution in [-0.2, 0) is 28.4 Å². The van der Waals surface area contributed by atoms with Crippen LogP contribution in [0.1, 0.15) is 181 Å². The Morgan fingerprint density at radius 1 is 0.500 bits per heavy atom. The Hall–Kier alpha value is -1.10. The lowest BCUT2D eigenvalue weighted by Gasteiger charge is -2.43. The third kappa shape index (κ3) is 16.3. The first kappa shape index (κ1) is 53.0. The maximum Gasteiger partial charge on any atom is 0.160 e. The first-order valence-electron chi connectivity index (χ1n) is 24.2. The van der Waals surface area contributed by atoms with Crippen LogP contribution in [0.25, 0.3) is 0 Å². The molecule has 0 saturated carbocycles. The minimum absolute atomic E-state index is 0.0944. The van der Waals surface area contributed by atoms with Crippen molar-refractivity contribution >= 4 is 0 Å². The Kier molecular flexibility index (Phi) is 25.4. The Balaban J connectivity index is 0.00000102. The molecule has 0 amide bonds. The second-order valence-electron chi connectivity index (χ2n) is 19.3. The zero-order valence-corrected chi connectivity index (χ0v) is 40.6. The van der Waals surface area contributed by atoms with Crippen LogP contribution in [0.2, 0.25) is 0 Å². The summed E-state index contributed by atoms with van der Waals surface area (Å²) in [4.78, 5) is 0. The van der Waals surface area contributed by atoms with Crippen molar-refractivity contribution in [3.8, 4) is 0 Å². The minimum Gasteiger partial charge on any atom is -0.352 e. The van der Waals surface area contributed by atoms with Gasteiger partial charge < -0.3 is 28.4 Å². The highest BCUT2D eigenvalue weighted by Gasteiger charge is 2.41. The van der Waals surface area contributed by atoms with Crippen LogP contribution in [0.3, 0.4) is 0 Å². The summed E-state index contributed by atoms with van der Waals surface area (Å²) >= 11 is 0. The zero-order valence-electron chi connectivity index (χ0n) is 40.6. The van der Waals surface area contributed by atoms with E-state index in [9.17, 15) is 0 Å². The smallest absolute Gasteiger partial charge is 0.160 e. The highest BCUT2D eigenvalue weighted by atomic mass is 16.7. The third-order valence-electron chi connectivity index (χ3n) is 15.5. The van der Waals surface area contributed by atoms with E-state index in [4.69, 9.17) is 28.4 Å². The molecule has 4 heterocycles. The van der Waals surface area contributed by atoms with Crippen LogP contribution in [0.4, 0.5) is 0 Å². The summed E-state index contributed by atoms with van der Waals surface area (Å²) in [6.45, 7) is 39.0. The van der Waals surface area contributed by atoms with E-state index in [1.165, 1.54) is 6.42 Å². The van der Waals surface area contributed by atoms with Gasteiger partial charge in [-0.25, -0.2) is 0 Å². The molecule has 9 nitrogen and oxygen atoms in total. The van der Waals surface area contributed by atoms with Gasteiger partial charge in [0.1, 0.15) is 0 Å². The fraction of sp³-hybridized carbons (Fsp3) is 0.959. The molecule has 1 N–H and O–H groups in total. The Bertz CT molecular complexity index is 1010. The van der Waals surface area contributed by atoms with Crippen molar-refractivity contribution < 1.29 is 28.4 Å². The first-order chi connectivity index (χ1) is 27.6. The summed E-state index contributed by atoms with van der Waals surface area (Å²) in [6.07, 6.45) is 16.0. The summed E-state index contributed by atoms with van der Waals surface area (Å²) in [5.41, 5.74) is 0.239. The number of aromatic nitrogens is 3. The van der Waals surface area contributed by atoms with E-state index in [0.717, 1.165) is 89.9 Å². The van der Waals surface area contributed by atoms with Gasteiger partial charge in [0.25, 0.3) is 0 Å². The molecule has 15 atom stereocenters. The lowest BCUT2D eigenvalue weighted by Crippen LogP contribution is -2.45. The summed E-state index contributed by atoms with van der Waals surface area (Å²) in [5.74, 6) is 5.66. The molecular formula is C49H95N3O6. The van der Waals surface area contributed by atoms with Gasteiger partial charge in [-0.3, -0.25) is 0 Å². The number of nitrogens with zero attached hydrogens (tertiary/aromatic N) is 2. The van der Waals surface area contributed by atoms with Crippen LogP contribution < -0.4 is 0 Å². The van der Waals surface area contributed by atoms with Gasteiger partial charge in [0.15, 0.2) is 18.9 Å². The Morgan fingerprint density at radius 3 is 1.00 bits per heavy atom. The van der Waals surface area contributed by atoms with Gasteiger partial charge in [-0.15, -0.1) is 0 Å². The topological polar surface area (TPSA) is 97.0 Å². The number of rotatable bonds is 20. The van der Waals surface area contributed by atoms with Gasteiger partial charge in [0.2, 0.25) is 0 Å². The summed E-state index contributed by atoms with van der Waals surface area (Å²) < 4.78 is 38.9. The number of H-pyrrole nitrogens is 1. The molecule has 0 aliphatic carbocycles. The van der Waals surface area contributed by atoms with Crippen molar-refractivity contribution in [2.75, 3.05) is 19.8 Å². The molecular weight excluding hydrogens is 727 g/mol. The highest BCUT2D eigenvalue weighted by molar-refractivity contribution is 4.85. The molecule has 0 spiro atoms. The van der Waals surface area contributed by atoms with Crippen LogP contribution in [0.5, 0.6) is 0 Å². The van der Waals surface area contributed by atoms with Crippen LogP contribution in [0.15, 0.2) is 12.4 Å². The molecule has 9 heteroatoms. The molecule has 15 unspecified atom stereocenters. The zero-order chi connectivity index (χ0) is 43.4. The fourth-order valence-corrected chi connectivity index (χ4v) is 9.45. The molecule has 0 aromatic carbocycles. The molecule has 1 aromatic rings. The van der Waals surface area contributed by atoms with Gasteiger partial charge in [-0.05, 0) is 105 Å². The fourth-order valence-electron chi connectivity index (χ4n) is 9.45. The molecule has 342 valence electrons. The monoisotopic (exact) mass is 822 g/mol. The van der Waals surface area contributed by atoms with Crippen LogP contribution in [0, 0.1) is 64.6 Å². The van der Waals surface area contributed by atoms with Gasteiger partial charge in [-0.2, -0.15) is 15.4 Å². The van der Waals surface area contributed by atoms with Crippen molar-refractivity contribution in [2.24, 2.45) is 64.6 Å². The molecule has 3 fully saturated rings. The molecule has 58 heavy (non-hydrogen) atoms.